The Morgan fingerprint density at radius 1 is 1.21 bits per heavy atom. The molecule has 0 saturated heterocycles. The maximum absolute atomic E-state index is 13.9. The molecule has 0 fully saturated rings. The minimum atomic E-state index is -0.640. The number of ether oxygens (including phenoxy) is 1. The summed E-state index contributed by atoms with van der Waals surface area (Å²) in [4.78, 5) is 3.93. The predicted octanol–water partition coefficient (Wildman–Crippen LogP) is 2.68. The second kappa shape index (κ2) is 5.75. The molecule has 1 atom stereocenters. The van der Waals surface area contributed by atoms with Gasteiger partial charge in [0.2, 0.25) is 0 Å². The third-order valence-corrected chi connectivity index (χ3v) is 2.92. The molecule has 0 amide bonds. The van der Waals surface area contributed by atoms with Crippen LogP contribution in [0.1, 0.15) is 17.2 Å². The van der Waals surface area contributed by atoms with E-state index >= 15 is 0 Å². The second-order valence-electron chi connectivity index (χ2n) is 3.97. The van der Waals surface area contributed by atoms with Crippen molar-refractivity contribution in [3.63, 3.8) is 0 Å². The Morgan fingerprint density at radius 3 is 2.47 bits per heavy atom. The molecule has 2 rings (SSSR count). The van der Waals surface area contributed by atoms with E-state index in [4.69, 9.17) is 4.74 Å². The first-order valence-corrected chi connectivity index (χ1v) is 5.78. The third-order valence-electron chi connectivity index (χ3n) is 2.92. The first-order chi connectivity index (χ1) is 9.19. The zero-order chi connectivity index (χ0) is 13.8. The van der Waals surface area contributed by atoms with Gasteiger partial charge in [-0.25, -0.2) is 8.78 Å². The predicted molar refractivity (Wildman–Crippen MR) is 68.0 cm³/mol. The summed E-state index contributed by atoms with van der Waals surface area (Å²) in [5.41, 5.74) is 0.596. The Morgan fingerprint density at radius 2 is 1.89 bits per heavy atom. The van der Waals surface area contributed by atoms with E-state index in [-0.39, 0.29) is 5.56 Å². The highest BCUT2D eigenvalue weighted by Gasteiger charge is 2.23. The van der Waals surface area contributed by atoms with E-state index in [1.54, 1.807) is 19.3 Å². The van der Waals surface area contributed by atoms with Crippen LogP contribution in [0.2, 0.25) is 0 Å². The fraction of sp³-hybridized carbons (Fsp3) is 0.214. The summed E-state index contributed by atoms with van der Waals surface area (Å²) in [5, 5.41) is 2.90. The summed E-state index contributed by atoms with van der Waals surface area (Å²) < 4.78 is 32.9. The minimum Gasteiger partial charge on any atom is -0.495 e. The Hall–Kier alpha value is -2.01. The number of hydrogen-bond donors (Lipinski definition) is 1. The van der Waals surface area contributed by atoms with Gasteiger partial charge in [-0.15, -0.1) is 0 Å². The number of nitrogens with one attached hydrogen (secondary N) is 1. The van der Waals surface area contributed by atoms with Crippen LogP contribution in [0.3, 0.4) is 0 Å². The van der Waals surface area contributed by atoms with Gasteiger partial charge in [0.25, 0.3) is 0 Å². The summed E-state index contributed by atoms with van der Waals surface area (Å²) >= 11 is 0. The molecule has 19 heavy (non-hydrogen) atoms. The summed E-state index contributed by atoms with van der Waals surface area (Å²) in [6.45, 7) is 0. The number of benzene rings is 1. The first kappa shape index (κ1) is 13.4. The van der Waals surface area contributed by atoms with Crippen LogP contribution in [0.25, 0.3) is 0 Å². The van der Waals surface area contributed by atoms with Gasteiger partial charge in [-0.1, -0.05) is 6.07 Å². The van der Waals surface area contributed by atoms with Crippen molar-refractivity contribution in [2.24, 2.45) is 0 Å². The molecule has 1 N–H and O–H groups in total. The number of methoxy groups -OCH3 is 1. The van der Waals surface area contributed by atoms with E-state index in [1.165, 1.54) is 31.5 Å². The fourth-order valence-electron chi connectivity index (χ4n) is 2.04. The lowest BCUT2D eigenvalue weighted by Gasteiger charge is -2.20. The van der Waals surface area contributed by atoms with Crippen LogP contribution in [0.4, 0.5) is 8.78 Å². The summed E-state index contributed by atoms with van der Waals surface area (Å²) in [6, 6.07) is 4.84. The normalized spacial score (nSPS) is 12.2. The maximum Gasteiger partial charge on any atom is 0.142 e. The Balaban J connectivity index is 2.57. The van der Waals surface area contributed by atoms with Crippen molar-refractivity contribution in [2.75, 3.05) is 14.2 Å². The lowest BCUT2D eigenvalue weighted by Crippen LogP contribution is -2.21. The van der Waals surface area contributed by atoms with Crippen LogP contribution in [-0.4, -0.2) is 19.1 Å². The minimum absolute atomic E-state index is 0.0329. The van der Waals surface area contributed by atoms with Crippen molar-refractivity contribution < 1.29 is 13.5 Å². The zero-order valence-electron chi connectivity index (χ0n) is 10.7. The molecule has 1 heterocycles. The highest BCUT2D eigenvalue weighted by molar-refractivity contribution is 5.40. The fourth-order valence-corrected chi connectivity index (χ4v) is 2.04. The standard InChI is InChI=1S/C14H14F2N2O/c1-17-14(9-6-7-18-8-12(9)19-2)13-10(15)4-3-5-11(13)16/h3-8,14,17H,1-2H3. The number of hydrogen-bond acceptors (Lipinski definition) is 3. The van der Waals surface area contributed by atoms with Gasteiger partial charge in [-0.3, -0.25) is 4.98 Å². The average Bonchev–Trinajstić information content (AvgIpc) is 2.43. The van der Waals surface area contributed by atoms with Crippen LogP contribution in [0, 0.1) is 11.6 Å². The van der Waals surface area contributed by atoms with Crippen molar-refractivity contribution >= 4 is 0 Å². The highest BCUT2D eigenvalue weighted by Crippen LogP contribution is 2.31. The smallest absolute Gasteiger partial charge is 0.142 e. The van der Waals surface area contributed by atoms with Crippen molar-refractivity contribution in [3.05, 3.63) is 59.4 Å². The Bertz CT molecular complexity index is 555. The van der Waals surface area contributed by atoms with E-state index in [0.29, 0.717) is 11.3 Å². The zero-order valence-corrected chi connectivity index (χ0v) is 10.7. The van der Waals surface area contributed by atoms with Gasteiger partial charge in [-0.2, -0.15) is 0 Å². The molecule has 1 aromatic heterocycles. The molecule has 0 aliphatic rings. The number of rotatable bonds is 4. The van der Waals surface area contributed by atoms with Gasteiger partial charge in [0.15, 0.2) is 0 Å². The topological polar surface area (TPSA) is 34.2 Å². The Labute approximate surface area is 110 Å². The van der Waals surface area contributed by atoms with E-state index in [0.717, 1.165) is 0 Å². The van der Waals surface area contributed by atoms with Crippen LogP contribution in [0.5, 0.6) is 5.75 Å². The highest BCUT2D eigenvalue weighted by atomic mass is 19.1. The van der Waals surface area contributed by atoms with Gasteiger partial charge in [0.05, 0.1) is 19.3 Å². The van der Waals surface area contributed by atoms with E-state index in [9.17, 15) is 8.78 Å². The molecule has 0 radical (unpaired) electrons. The monoisotopic (exact) mass is 264 g/mol. The molecule has 2 aromatic rings. The van der Waals surface area contributed by atoms with Crippen molar-refractivity contribution in [2.45, 2.75) is 6.04 Å². The molecule has 0 aliphatic heterocycles. The molecule has 1 aromatic carbocycles. The second-order valence-corrected chi connectivity index (χ2v) is 3.97. The van der Waals surface area contributed by atoms with Gasteiger partial charge >= 0.3 is 0 Å². The molecule has 1 unspecified atom stereocenters. The molecular weight excluding hydrogens is 250 g/mol. The van der Waals surface area contributed by atoms with Crippen LogP contribution in [-0.2, 0) is 0 Å². The SMILES string of the molecule is CNC(c1ccncc1OC)c1c(F)cccc1F. The maximum atomic E-state index is 13.9. The molecular formula is C14H14F2N2O. The average molecular weight is 264 g/mol. The van der Waals surface area contributed by atoms with Gasteiger partial charge < -0.3 is 10.1 Å². The number of halogens is 2. The number of nitrogens with zero attached hydrogens (tertiary/aromatic N) is 1. The number of aromatic nitrogens is 1. The molecule has 0 spiro atoms. The summed E-state index contributed by atoms with van der Waals surface area (Å²) in [7, 11) is 3.13. The first-order valence-electron chi connectivity index (χ1n) is 5.78. The lowest BCUT2D eigenvalue weighted by molar-refractivity contribution is 0.401. The van der Waals surface area contributed by atoms with Crippen LogP contribution in [0.15, 0.2) is 36.7 Å². The van der Waals surface area contributed by atoms with Gasteiger partial charge in [0, 0.05) is 17.3 Å². The van der Waals surface area contributed by atoms with Gasteiger partial charge in [0.1, 0.15) is 17.4 Å². The van der Waals surface area contributed by atoms with Crippen molar-refractivity contribution in [1.29, 1.82) is 0 Å². The quantitative estimate of drug-likeness (QED) is 0.922. The van der Waals surface area contributed by atoms with Gasteiger partial charge in [-0.05, 0) is 25.2 Å². The molecule has 5 heteroatoms. The molecule has 100 valence electrons. The lowest BCUT2D eigenvalue weighted by atomic mass is 9.98. The molecule has 0 saturated carbocycles. The summed E-state index contributed by atoms with van der Waals surface area (Å²) in [6.07, 6.45) is 3.07. The van der Waals surface area contributed by atoms with E-state index in [1.807, 2.05) is 0 Å². The largest absolute Gasteiger partial charge is 0.495 e. The van der Waals surface area contributed by atoms with E-state index in [2.05, 4.69) is 10.3 Å². The van der Waals surface area contributed by atoms with Crippen LogP contribution < -0.4 is 10.1 Å². The molecule has 3 nitrogen and oxygen atoms in total. The Kier molecular flexibility index (Phi) is 4.06. The van der Waals surface area contributed by atoms with Crippen LogP contribution >= 0.6 is 0 Å². The van der Waals surface area contributed by atoms with Crippen molar-refractivity contribution in [3.8, 4) is 5.75 Å². The van der Waals surface area contributed by atoms with E-state index < -0.39 is 17.7 Å². The summed E-state index contributed by atoms with van der Waals surface area (Å²) in [5.74, 6) is -0.721. The number of pyridine rings is 1. The third kappa shape index (κ3) is 2.56. The molecule has 0 aliphatic carbocycles. The van der Waals surface area contributed by atoms with Crippen molar-refractivity contribution in [1.82, 2.24) is 10.3 Å². The molecule has 0 bridgehead atoms.